The molecule has 0 aliphatic carbocycles. The van der Waals surface area contributed by atoms with Crippen molar-refractivity contribution in [3.05, 3.63) is 155 Å². The van der Waals surface area contributed by atoms with Crippen LogP contribution in [0.3, 0.4) is 0 Å². The fourth-order valence-corrected chi connectivity index (χ4v) is 8.50. The lowest BCUT2D eigenvalue weighted by molar-refractivity contribution is -0.171. The number of benzene rings is 4. The van der Waals surface area contributed by atoms with Crippen molar-refractivity contribution in [3.63, 3.8) is 0 Å². The van der Waals surface area contributed by atoms with Gasteiger partial charge < -0.3 is 43.4 Å². The maximum Gasteiger partial charge on any atom is 0.410 e. The molecule has 2 heterocycles. The van der Waals surface area contributed by atoms with Crippen LogP contribution in [0.5, 0.6) is 0 Å². The highest BCUT2D eigenvalue weighted by Crippen LogP contribution is 2.25. The number of likely N-dealkylation sites (N-methyl/N-ethyl adjacent to an activating group) is 2. The molecule has 4 aromatic carbocycles. The van der Waals surface area contributed by atoms with Gasteiger partial charge in [0.15, 0.2) is 6.10 Å². The van der Waals surface area contributed by atoms with Gasteiger partial charge in [-0.15, -0.1) is 0 Å². The van der Waals surface area contributed by atoms with Gasteiger partial charge in [-0.1, -0.05) is 149 Å². The van der Waals surface area contributed by atoms with Gasteiger partial charge in [0.1, 0.15) is 36.5 Å². The molecule has 0 spiro atoms. The molecule has 0 saturated heterocycles. The van der Waals surface area contributed by atoms with Gasteiger partial charge in [-0.3, -0.25) is 9.80 Å². The van der Waals surface area contributed by atoms with E-state index in [0.29, 0.717) is 32.7 Å². The van der Waals surface area contributed by atoms with Crippen LogP contribution in [-0.2, 0) is 78.4 Å². The van der Waals surface area contributed by atoms with Crippen molar-refractivity contribution < 1.29 is 92.9 Å². The number of hydrogen-bond donors (Lipinski definition) is 2. The zero-order valence-electron chi connectivity index (χ0n) is 64.6. The lowest BCUT2D eigenvalue weighted by Gasteiger charge is -2.31. The van der Waals surface area contributed by atoms with Gasteiger partial charge in [0.25, 0.3) is 0 Å². The summed E-state index contributed by atoms with van der Waals surface area (Å²) in [6, 6.07) is 32.7. The third-order valence-electron chi connectivity index (χ3n) is 12.9. The van der Waals surface area contributed by atoms with Gasteiger partial charge in [-0.25, -0.2) is 28.8 Å². The summed E-state index contributed by atoms with van der Waals surface area (Å²) in [7, 11) is 2.96. The number of carbonyl (C=O) groups excluding carboxylic acids is 5. The minimum atomic E-state index is -1.19. The Morgan fingerprint density at radius 1 is 0.554 bits per heavy atom. The Kier molecular flexibility index (Phi) is 23.3. The molecule has 0 saturated carbocycles. The Morgan fingerprint density at radius 3 is 1.34 bits per heavy atom. The number of carboxylic acids is 1. The molecular weight excluding hydrogens is 1060 g/mol. The van der Waals surface area contributed by atoms with Crippen LogP contribution in [0, 0.1) is 11.8 Å². The van der Waals surface area contributed by atoms with E-state index in [9.17, 15) is 33.9 Å². The minimum absolute atomic E-state index is 0.0517. The van der Waals surface area contributed by atoms with E-state index in [0.717, 1.165) is 57.7 Å². The van der Waals surface area contributed by atoms with Crippen LogP contribution in [0.4, 0.5) is 9.59 Å². The summed E-state index contributed by atoms with van der Waals surface area (Å²) in [4.78, 5) is 76.8. The van der Waals surface area contributed by atoms with Crippen LogP contribution < -0.4 is 0 Å². The van der Waals surface area contributed by atoms with Gasteiger partial charge in [0, 0.05) is 47.7 Å². The van der Waals surface area contributed by atoms with E-state index < -0.39 is 71.6 Å². The highest BCUT2D eigenvalue weighted by Gasteiger charge is 2.36. The Morgan fingerprint density at radius 2 is 0.952 bits per heavy atom. The van der Waals surface area contributed by atoms with Crippen LogP contribution in [0.2, 0.25) is 0 Å². The number of ether oxygens (including phenoxy) is 7. The summed E-state index contributed by atoms with van der Waals surface area (Å²) >= 11 is 0. The van der Waals surface area contributed by atoms with Gasteiger partial charge in [-0.2, -0.15) is 0 Å². The Labute approximate surface area is 512 Å². The Balaban J connectivity index is -0.000000659. The molecule has 0 unspecified atom stereocenters. The van der Waals surface area contributed by atoms with Crippen molar-refractivity contribution in [2.75, 3.05) is 40.5 Å². The number of aliphatic hydroxyl groups excluding tert-OH is 1. The monoisotopic (exact) mass is 1180 g/mol. The number of hydrogen-bond acceptors (Lipinski definition) is 14. The van der Waals surface area contributed by atoms with Gasteiger partial charge in [0.05, 0.1) is 26.4 Å². The van der Waals surface area contributed by atoms with E-state index in [1.807, 2.05) is 137 Å². The molecule has 2 amide bonds. The number of rotatable bonds is 21. The molecule has 17 heteroatoms. The smallest absolute Gasteiger partial charge is 0.410 e. The second kappa shape index (κ2) is 33.7. The summed E-state index contributed by atoms with van der Waals surface area (Å²) in [6.07, 6.45) is 3.45. The number of aliphatic carboxylic acids is 1. The minimum Gasteiger partial charge on any atom is -0.480 e. The first-order valence-corrected chi connectivity index (χ1v) is 28.4. The third-order valence-corrected chi connectivity index (χ3v) is 12.9. The van der Waals surface area contributed by atoms with E-state index in [1.54, 1.807) is 41.5 Å². The third kappa shape index (κ3) is 25.4. The molecular formula is C66H102N2O15. The van der Waals surface area contributed by atoms with Crippen molar-refractivity contribution in [1.29, 1.82) is 0 Å². The first-order chi connectivity index (χ1) is 46.2. The fraction of sp³-hybridized carbons (Fsp3) is 0.485. The predicted molar refractivity (Wildman–Crippen MR) is 332 cm³/mol. The quantitative estimate of drug-likeness (QED) is 0.0586. The summed E-state index contributed by atoms with van der Waals surface area (Å²) < 4.78 is 108. The van der Waals surface area contributed by atoms with Crippen molar-refractivity contribution in [2.45, 2.75) is 156 Å². The number of esters is 3. The number of carboxylic acid groups (broad SMARTS) is 1. The SMILES string of the molecule is CC(C)C[C@@H](C(=O)O)N(C)C(=O)OC(C)(C)C.CC(C)C[C@@H](C(=O)O[C@H](Cc1ccc(C2=CCOCC2)cc1)C(=O)OCc1ccccc1)N(C)C(=O)OC(C)(C)C.O=C(OCc1ccccc1)[C@H](O)Cc1ccc(C2=CCOCC2)cc1.[2H][2H].[2H][2H].[2H][2H].[2H][2H].[2H][2H].[2H][2H].[2H][2H]. The molecule has 2 aliphatic heterocycles. The first kappa shape index (κ1) is 57.5. The van der Waals surface area contributed by atoms with Gasteiger partial charge in [-0.05, 0) is 124 Å². The second-order valence-corrected chi connectivity index (χ2v) is 23.4. The van der Waals surface area contributed by atoms with E-state index >= 15 is 0 Å². The standard InChI is InChI=1S/C33H43NO7.C21H22O4.C12H23NO4.7H2/c1-23(2)20-28(34(6)32(37)41-33(3,4)5)30(35)40-29(31(36)39-22-25-10-8-7-9-11-25)21-24-12-14-26(15-13-24)27-16-18-38-19-17-27;22-20(21(23)25-15-17-4-2-1-3-5-17)14-16-6-8-18(9-7-16)19-10-12-24-13-11-19;1-8(2)7-9(10(14)15)13(6)11(16)17-12(3,4)5;;;;;;;/h7-16,23,28-29H,17-22H2,1-6H3;1-10,20,22H,11-15H2;8-9H,7H2,1-6H3,(H,14,15);7*1H/t28-,29+;20-;9-;;;;;;;/m010......./s1/i;;;7*1+1D. The molecule has 17 nitrogen and oxygen atoms in total. The fourth-order valence-electron chi connectivity index (χ4n) is 8.50. The maximum absolute atomic E-state index is 13.5. The maximum atomic E-state index is 13.5. The molecule has 0 fully saturated rings. The molecule has 466 valence electrons. The van der Waals surface area contributed by atoms with Crippen LogP contribution in [0.1, 0.15) is 149 Å². The van der Waals surface area contributed by atoms with Crippen LogP contribution >= 0.6 is 0 Å². The lowest BCUT2D eigenvalue weighted by atomic mass is 9.98. The lowest BCUT2D eigenvalue weighted by Crippen LogP contribution is -2.47. The number of carbonyl (C=O) groups is 6. The largest absolute Gasteiger partial charge is 0.480 e. The summed E-state index contributed by atoms with van der Waals surface area (Å²) in [6.45, 7) is 21.2. The zero-order valence-corrected chi connectivity index (χ0v) is 50.6. The molecule has 4 atom stereocenters. The van der Waals surface area contributed by atoms with Crippen molar-refractivity contribution in [1.82, 2.24) is 9.80 Å². The van der Waals surface area contributed by atoms with Crippen LogP contribution in [0.15, 0.2) is 121 Å². The molecule has 4 aromatic rings. The molecule has 83 heavy (non-hydrogen) atoms. The molecule has 0 bridgehead atoms. The van der Waals surface area contributed by atoms with E-state index in [2.05, 4.69) is 12.2 Å². The number of aliphatic hydroxyl groups is 1. The molecule has 0 radical (unpaired) electrons. The summed E-state index contributed by atoms with van der Waals surface area (Å²) in [5.41, 5.74) is 6.84. The Hall–Kier alpha value is -7.34. The molecule has 0 aromatic heterocycles. The average molecular weight is 1180 g/mol. The topological polar surface area (TPSA) is 214 Å². The molecule has 2 N–H and O–H groups in total. The number of amides is 2. The Bertz CT molecular complexity index is 2780. The van der Waals surface area contributed by atoms with E-state index in [4.69, 9.17) is 59.1 Å². The average Bonchev–Trinajstić information content (AvgIpc) is 0.883. The van der Waals surface area contributed by atoms with Gasteiger partial charge in [0.2, 0.25) is 6.10 Å². The summed E-state index contributed by atoms with van der Waals surface area (Å²) in [5.74, 6) is -2.67. The van der Waals surface area contributed by atoms with Crippen molar-refractivity contribution >= 4 is 47.2 Å². The van der Waals surface area contributed by atoms with Crippen molar-refractivity contribution in [3.8, 4) is 0 Å². The second-order valence-electron chi connectivity index (χ2n) is 23.4. The zero-order chi connectivity index (χ0) is 75.3. The van der Waals surface area contributed by atoms with E-state index in [1.165, 1.54) is 30.1 Å². The van der Waals surface area contributed by atoms with Gasteiger partial charge >= 0.3 is 36.1 Å². The normalized spacial score (nSPS) is 15.4. The van der Waals surface area contributed by atoms with E-state index in [-0.39, 0.29) is 37.9 Å². The van der Waals surface area contributed by atoms with Crippen molar-refractivity contribution in [2.24, 2.45) is 11.8 Å². The highest BCUT2D eigenvalue weighted by molar-refractivity contribution is 5.85. The van der Waals surface area contributed by atoms with Crippen LogP contribution in [-0.4, -0.2) is 132 Å². The molecule has 2 aliphatic rings. The predicted octanol–water partition coefficient (Wildman–Crippen LogP) is 13.2. The molecule has 6 rings (SSSR count). The van der Waals surface area contributed by atoms with Crippen LogP contribution in [0.25, 0.3) is 11.1 Å². The first-order valence-electron chi connectivity index (χ1n) is 35.4. The highest BCUT2D eigenvalue weighted by atomic mass is 16.6. The number of nitrogens with zero attached hydrogens (tertiary/aromatic N) is 2. The summed E-state index contributed by atoms with van der Waals surface area (Å²) in [5, 5.41) is 19.2.